The number of carbonyl (C=O) groups is 2. The Morgan fingerprint density at radius 1 is 0.596 bits per heavy atom. The first-order chi connectivity index (χ1) is 22.5. The summed E-state index contributed by atoms with van der Waals surface area (Å²) < 4.78 is 0. The van der Waals surface area contributed by atoms with Crippen molar-refractivity contribution >= 4 is 56.6 Å². The standard InChI is InChI=1S/C34H28N8O4S/c1-17-9-19(3)31(43)29(11-17)41-37-25-7-5-21(13-27(25)39-41)35-33(45)23-15-47-16-24(23)34(46)36-22-6-8-26-28(14-22)40-42(38-26)30-12-18(2)10-20(4)32(30)44/h5-16,43-44H,1-4H3,(H,35,45)(H,36,46). The summed E-state index contributed by atoms with van der Waals surface area (Å²) in [7, 11) is 0. The first-order valence-corrected chi connectivity index (χ1v) is 15.5. The first kappa shape index (κ1) is 29.6. The number of nitrogens with one attached hydrogen (secondary N) is 2. The van der Waals surface area contributed by atoms with Crippen molar-refractivity contribution in [1.82, 2.24) is 30.0 Å². The summed E-state index contributed by atoms with van der Waals surface area (Å²) >= 11 is 1.24. The molecule has 12 nitrogen and oxygen atoms in total. The highest BCUT2D eigenvalue weighted by Crippen LogP contribution is 2.29. The molecule has 0 atom stereocenters. The number of carbonyl (C=O) groups excluding carboxylic acids is 2. The fraction of sp³-hybridized carbons (Fsp3) is 0.118. The van der Waals surface area contributed by atoms with Gasteiger partial charge in [-0.3, -0.25) is 9.59 Å². The average Bonchev–Trinajstić information content (AvgIpc) is 3.78. The van der Waals surface area contributed by atoms with E-state index in [0.717, 1.165) is 11.1 Å². The molecular weight excluding hydrogens is 616 g/mol. The van der Waals surface area contributed by atoms with Crippen LogP contribution in [0.5, 0.6) is 11.5 Å². The zero-order valence-corrected chi connectivity index (χ0v) is 26.5. The Morgan fingerprint density at radius 3 is 1.43 bits per heavy atom. The van der Waals surface area contributed by atoms with Gasteiger partial charge in [0.25, 0.3) is 11.8 Å². The van der Waals surface area contributed by atoms with Crippen molar-refractivity contribution < 1.29 is 19.8 Å². The Balaban J connectivity index is 1.09. The zero-order valence-electron chi connectivity index (χ0n) is 25.7. The maximum atomic E-state index is 13.3. The normalized spacial score (nSPS) is 11.3. The van der Waals surface area contributed by atoms with Gasteiger partial charge in [0.15, 0.2) is 0 Å². The predicted molar refractivity (Wildman–Crippen MR) is 180 cm³/mol. The zero-order chi connectivity index (χ0) is 33.0. The minimum Gasteiger partial charge on any atom is -0.505 e. The largest absolute Gasteiger partial charge is 0.505 e. The molecule has 0 saturated carbocycles. The number of fused-ring (bicyclic) bond motifs is 2. The van der Waals surface area contributed by atoms with E-state index in [9.17, 15) is 19.8 Å². The van der Waals surface area contributed by atoms with Gasteiger partial charge in [-0.25, -0.2) is 0 Å². The second-order valence-electron chi connectivity index (χ2n) is 11.4. The number of phenolic OH excluding ortho intramolecular Hbond substituents is 2. The van der Waals surface area contributed by atoms with Crippen molar-refractivity contribution in [1.29, 1.82) is 0 Å². The molecule has 0 fully saturated rings. The van der Waals surface area contributed by atoms with E-state index in [1.807, 2.05) is 39.8 Å². The van der Waals surface area contributed by atoms with Gasteiger partial charge < -0.3 is 20.8 Å². The number of anilines is 2. The molecule has 7 aromatic rings. The van der Waals surface area contributed by atoms with E-state index in [1.165, 1.54) is 20.9 Å². The van der Waals surface area contributed by atoms with E-state index in [4.69, 9.17) is 0 Å². The number of phenols is 2. The molecule has 0 unspecified atom stereocenters. The van der Waals surface area contributed by atoms with Crippen LogP contribution in [-0.4, -0.2) is 52.0 Å². The van der Waals surface area contributed by atoms with Gasteiger partial charge in [-0.1, -0.05) is 12.1 Å². The highest BCUT2D eigenvalue weighted by Gasteiger charge is 2.20. The van der Waals surface area contributed by atoms with Crippen molar-refractivity contribution in [2.45, 2.75) is 27.7 Å². The monoisotopic (exact) mass is 644 g/mol. The summed E-state index contributed by atoms with van der Waals surface area (Å²) in [6.07, 6.45) is 0. The molecule has 0 saturated heterocycles. The Bertz CT molecular complexity index is 2230. The number of aromatic nitrogens is 6. The van der Waals surface area contributed by atoms with Gasteiger partial charge in [0.1, 0.15) is 44.9 Å². The van der Waals surface area contributed by atoms with Crippen LogP contribution in [0.3, 0.4) is 0 Å². The fourth-order valence-electron chi connectivity index (χ4n) is 5.43. The number of aryl methyl sites for hydroxylation is 4. The van der Waals surface area contributed by atoms with Gasteiger partial charge in [-0.2, -0.15) is 11.3 Å². The molecule has 7 rings (SSSR count). The molecule has 4 N–H and O–H groups in total. The lowest BCUT2D eigenvalue weighted by Gasteiger charge is -2.08. The van der Waals surface area contributed by atoms with Crippen molar-refractivity contribution in [3.05, 3.63) is 105 Å². The van der Waals surface area contributed by atoms with E-state index in [-0.39, 0.29) is 22.6 Å². The molecule has 4 aromatic carbocycles. The number of benzene rings is 4. The Morgan fingerprint density at radius 2 is 1.00 bits per heavy atom. The van der Waals surface area contributed by atoms with Crippen molar-refractivity contribution in [2.75, 3.05) is 10.6 Å². The summed E-state index contributed by atoms with van der Waals surface area (Å²) in [6.45, 7) is 7.48. The number of aromatic hydroxyl groups is 2. The van der Waals surface area contributed by atoms with E-state index < -0.39 is 11.8 Å². The van der Waals surface area contributed by atoms with E-state index >= 15 is 0 Å². The Kier molecular flexibility index (Phi) is 7.17. The van der Waals surface area contributed by atoms with Crippen LogP contribution in [0.4, 0.5) is 11.4 Å². The third-order valence-electron chi connectivity index (χ3n) is 7.71. The minimum absolute atomic E-state index is 0.0940. The molecule has 0 aliphatic carbocycles. The average molecular weight is 645 g/mol. The second-order valence-corrected chi connectivity index (χ2v) is 12.1. The maximum Gasteiger partial charge on any atom is 0.257 e. The summed E-state index contributed by atoms with van der Waals surface area (Å²) in [5.74, 6) is -0.725. The van der Waals surface area contributed by atoms with Crippen molar-refractivity contribution in [3.63, 3.8) is 0 Å². The molecule has 2 amide bonds. The first-order valence-electron chi connectivity index (χ1n) is 14.6. The summed E-state index contributed by atoms with van der Waals surface area (Å²) in [4.78, 5) is 29.4. The number of hydrogen-bond donors (Lipinski definition) is 4. The number of amides is 2. The third-order valence-corrected chi connectivity index (χ3v) is 8.45. The van der Waals surface area contributed by atoms with Crippen LogP contribution in [0.25, 0.3) is 33.4 Å². The molecule has 0 radical (unpaired) electrons. The summed E-state index contributed by atoms with van der Waals surface area (Å²) in [6, 6.07) is 17.6. The summed E-state index contributed by atoms with van der Waals surface area (Å²) in [5.41, 5.74) is 7.85. The lowest BCUT2D eigenvalue weighted by atomic mass is 10.1. The smallest absolute Gasteiger partial charge is 0.257 e. The van der Waals surface area contributed by atoms with Crippen molar-refractivity contribution in [2.24, 2.45) is 0 Å². The highest BCUT2D eigenvalue weighted by atomic mass is 32.1. The Labute approximate surface area is 271 Å². The molecule has 0 aliphatic rings. The Hall–Kier alpha value is -6.08. The molecular formula is C34H28N8O4S. The van der Waals surface area contributed by atoms with Gasteiger partial charge in [0.05, 0.1) is 11.1 Å². The molecule has 0 aliphatic heterocycles. The van der Waals surface area contributed by atoms with Crippen LogP contribution in [-0.2, 0) is 0 Å². The predicted octanol–water partition coefficient (Wildman–Crippen LogP) is 6.37. The van der Waals surface area contributed by atoms with Gasteiger partial charge in [-0.05, 0) is 98.5 Å². The second kappa shape index (κ2) is 11.4. The number of thiophene rings is 1. The molecule has 0 bridgehead atoms. The molecule has 0 spiro atoms. The van der Waals surface area contributed by atoms with E-state index in [1.54, 1.807) is 59.3 Å². The highest BCUT2D eigenvalue weighted by molar-refractivity contribution is 7.08. The van der Waals surface area contributed by atoms with Crippen LogP contribution in [0, 0.1) is 27.7 Å². The third kappa shape index (κ3) is 5.53. The SMILES string of the molecule is Cc1cc(C)c(O)c(-n2nc3ccc(NC(=O)c4cscc4C(=O)Nc4ccc5nn(-c6cc(C)cc(C)c6O)nc5c4)cc3n2)c1. The van der Waals surface area contributed by atoms with E-state index in [2.05, 4.69) is 31.0 Å². The van der Waals surface area contributed by atoms with Crippen LogP contribution < -0.4 is 10.6 Å². The van der Waals surface area contributed by atoms with Gasteiger partial charge in [0, 0.05) is 22.1 Å². The van der Waals surface area contributed by atoms with Crippen LogP contribution >= 0.6 is 11.3 Å². The summed E-state index contributed by atoms with van der Waals surface area (Å²) in [5, 5.41) is 48.0. The molecule has 3 heterocycles. The number of nitrogens with zero attached hydrogens (tertiary/aromatic N) is 6. The fourth-order valence-corrected chi connectivity index (χ4v) is 6.23. The molecule has 47 heavy (non-hydrogen) atoms. The minimum atomic E-state index is -0.457. The molecule has 3 aromatic heterocycles. The quantitative estimate of drug-likeness (QED) is 0.163. The number of hydrogen-bond acceptors (Lipinski definition) is 9. The van der Waals surface area contributed by atoms with Gasteiger partial charge in [0.2, 0.25) is 0 Å². The van der Waals surface area contributed by atoms with Crippen LogP contribution in [0.2, 0.25) is 0 Å². The van der Waals surface area contributed by atoms with Crippen molar-refractivity contribution in [3.8, 4) is 22.9 Å². The topological polar surface area (TPSA) is 160 Å². The van der Waals surface area contributed by atoms with Gasteiger partial charge >= 0.3 is 0 Å². The van der Waals surface area contributed by atoms with Crippen LogP contribution in [0.1, 0.15) is 43.0 Å². The maximum absolute atomic E-state index is 13.3. The molecule has 13 heteroatoms. The lowest BCUT2D eigenvalue weighted by Crippen LogP contribution is -2.18. The van der Waals surface area contributed by atoms with Gasteiger partial charge in [-0.15, -0.1) is 30.0 Å². The van der Waals surface area contributed by atoms with E-state index in [0.29, 0.717) is 55.9 Å². The molecule has 234 valence electrons. The van der Waals surface area contributed by atoms with Crippen LogP contribution in [0.15, 0.2) is 71.4 Å². The number of rotatable bonds is 6. The lowest BCUT2D eigenvalue weighted by molar-refractivity contribution is 0.0991.